The molecule has 0 aliphatic heterocycles. The van der Waals surface area contributed by atoms with Gasteiger partial charge in [-0.3, -0.25) is 0 Å². The highest BCUT2D eigenvalue weighted by Gasteiger charge is 2.15. The highest BCUT2D eigenvalue weighted by atomic mass is 35.5. The lowest BCUT2D eigenvalue weighted by Crippen LogP contribution is -1.94. The molecule has 142 valence electrons. The molecule has 0 aliphatic rings. The first kappa shape index (κ1) is 17.5. The van der Waals surface area contributed by atoms with E-state index in [0.29, 0.717) is 27.9 Å². The number of benzene rings is 2. The summed E-state index contributed by atoms with van der Waals surface area (Å²) >= 11 is 6.21. The summed E-state index contributed by atoms with van der Waals surface area (Å²) in [5.41, 5.74) is 3.49. The second-order valence-electron chi connectivity index (χ2n) is 6.59. The molecule has 8 heteroatoms. The largest absolute Gasteiger partial charge is 0.354 e. The average molecular weight is 405 g/mol. The second-order valence-corrected chi connectivity index (χ2v) is 7.00. The maximum atomic E-state index is 14.3. The third-order valence-electron chi connectivity index (χ3n) is 4.69. The number of aromatic nitrogens is 6. The molecule has 0 amide bonds. The molecule has 6 nitrogen and oxygen atoms in total. The first-order chi connectivity index (χ1) is 14.1. The summed E-state index contributed by atoms with van der Waals surface area (Å²) in [5.74, 6) is 0.890. The lowest BCUT2D eigenvalue weighted by Gasteiger charge is -2.02. The zero-order valence-corrected chi connectivity index (χ0v) is 16.0. The topological polar surface area (TPSA) is 72.3 Å². The van der Waals surface area contributed by atoms with Gasteiger partial charge in [0.05, 0.1) is 21.8 Å². The van der Waals surface area contributed by atoms with E-state index in [0.717, 1.165) is 22.0 Å². The van der Waals surface area contributed by atoms with Gasteiger partial charge in [0.15, 0.2) is 11.6 Å². The number of hydrogen-bond donors (Lipinski definition) is 1. The monoisotopic (exact) mass is 404 g/mol. The van der Waals surface area contributed by atoms with Crippen LogP contribution in [0.1, 0.15) is 0 Å². The van der Waals surface area contributed by atoms with E-state index < -0.39 is 0 Å². The van der Waals surface area contributed by atoms with E-state index in [1.807, 2.05) is 31.3 Å². The van der Waals surface area contributed by atoms with Crippen molar-refractivity contribution in [3.63, 3.8) is 0 Å². The first-order valence-corrected chi connectivity index (χ1v) is 9.22. The van der Waals surface area contributed by atoms with Gasteiger partial charge in [-0.25, -0.2) is 24.0 Å². The highest BCUT2D eigenvalue weighted by molar-refractivity contribution is 6.33. The number of H-pyrrole nitrogens is 1. The minimum Gasteiger partial charge on any atom is -0.354 e. The van der Waals surface area contributed by atoms with Crippen LogP contribution >= 0.6 is 11.6 Å². The molecule has 0 saturated carbocycles. The Morgan fingerprint density at radius 3 is 2.66 bits per heavy atom. The molecule has 0 aliphatic carbocycles. The molecular weight excluding hydrogens is 391 g/mol. The van der Waals surface area contributed by atoms with E-state index in [1.165, 1.54) is 12.4 Å². The molecule has 3 aromatic heterocycles. The zero-order chi connectivity index (χ0) is 20.0. The molecule has 0 atom stereocenters. The maximum Gasteiger partial charge on any atom is 0.184 e. The summed E-state index contributed by atoms with van der Waals surface area (Å²) in [6, 6.07) is 12.4. The summed E-state index contributed by atoms with van der Waals surface area (Å²) in [6.45, 7) is 0. The molecule has 0 spiro atoms. The van der Waals surface area contributed by atoms with Crippen LogP contribution in [0.2, 0.25) is 5.02 Å². The fraction of sp³-hybridized carbons (Fsp3) is 0.0476. The molecule has 5 rings (SSSR count). The van der Waals surface area contributed by atoms with Crippen LogP contribution in [-0.4, -0.2) is 29.7 Å². The summed E-state index contributed by atoms with van der Waals surface area (Å²) in [4.78, 5) is 15.9. The summed E-state index contributed by atoms with van der Waals surface area (Å²) in [7, 11) is 1.83. The van der Waals surface area contributed by atoms with Crippen LogP contribution in [0.15, 0.2) is 61.2 Å². The summed E-state index contributed by atoms with van der Waals surface area (Å²) in [5, 5.41) is 5.75. The Morgan fingerprint density at radius 1 is 1.03 bits per heavy atom. The fourth-order valence-electron chi connectivity index (χ4n) is 3.33. The van der Waals surface area contributed by atoms with Crippen LogP contribution in [0.3, 0.4) is 0 Å². The van der Waals surface area contributed by atoms with Crippen molar-refractivity contribution in [2.75, 3.05) is 0 Å². The molecule has 0 fully saturated rings. The van der Waals surface area contributed by atoms with Crippen LogP contribution < -0.4 is 0 Å². The van der Waals surface area contributed by atoms with E-state index in [2.05, 4.69) is 25.0 Å². The van der Waals surface area contributed by atoms with E-state index in [4.69, 9.17) is 11.6 Å². The average Bonchev–Trinajstić information content (AvgIpc) is 3.31. The number of aryl methyl sites for hydroxylation is 1. The minimum absolute atomic E-state index is 0.358. The van der Waals surface area contributed by atoms with Crippen LogP contribution in [-0.2, 0) is 7.05 Å². The number of halogens is 2. The smallest absolute Gasteiger partial charge is 0.184 e. The summed E-state index contributed by atoms with van der Waals surface area (Å²) < 4.78 is 16.0. The Labute approximate surface area is 170 Å². The normalized spacial score (nSPS) is 11.3. The molecule has 0 bridgehead atoms. The standard InChI is InChI=1S/C21H14ClFN6/c1-29-21(27-20(28-29)14-9-24-11-25-10-14)12-5-6-17-13(7-12)8-18(26-17)19-15(22)3-2-4-16(19)23/h2-11,26H,1H3. The third kappa shape index (κ3) is 3.05. The Bertz CT molecular complexity index is 1320. The van der Waals surface area contributed by atoms with Crippen molar-refractivity contribution >= 4 is 22.5 Å². The molecule has 1 N–H and O–H groups in total. The molecule has 0 saturated heterocycles. The van der Waals surface area contributed by atoms with Gasteiger partial charge in [-0.2, -0.15) is 5.10 Å². The Kier molecular flexibility index (Phi) is 4.10. The van der Waals surface area contributed by atoms with Gasteiger partial charge in [-0.15, -0.1) is 0 Å². The van der Waals surface area contributed by atoms with Gasteiger partial charge in [0, 0.05) is 35.9 Å². The lowest BCUT2D eigenvalue weighted by atomic mass is 10.1. The lowest BCUT2D eigenvalue weighted by molar-refractivity contribution is 0.631. The van der Waals surface area contributed by atoms with Gasteiger partial charge < -0.3 is 4.98 Å². The highest BCUT2D eigenvalue weighted by Crippen LogP contribution is 2.33. The quantitative estimate of drug-likeness (QED) is 0.465. The predicted molar refractivity (Wildman–Crippen MR) is 110 cm³/mol. The van der Waals surface area contributed by atoms with E-state index >= 15 is 0 Å². The Morgan fingerprint density at radius 2 is 1.86 bits per heavy atom. The number of nitrogens with one attached hydrogen (secondary N) is 1. The second kappa shape index (κ2) is 6.79. The number of aromatic amines is 1. The third-order valence-corrected chi connectivity index (χ3v) is 5.01. The van der Waals surface area contributed by atoms with Crippen LogP contribution in [0, 0.1) is 5.82 Å². The van der Waals surface area contributed by atoms with Crippen molar-refractivity contribution in [2.45, 2.75) is 0 Å². The van der Waals surface area contributed by atoms with Crippen LogP contribution in [0.5, 0.6) is 0 Å². The molecule has 5 aromatic rings. The molecule has 0 unspecified atom stereocenters. The number of rotatable bonds is 3. The maximum absolute atomic E-state index is 14.3. The van der Waals surface area contributed by atoms with Crippen molar-refractivity contribution in [1.29, 1.82) is 0 Å². The minimum atomic E-state index is -0.368. The van der Waals surface area contributed by atoms with Gasteiger partial charge in [0.2, 0.25) is 0 Å². The molecule has 29 heavy (non-hydrogen) atoms. The van der Waals surface area contributed by atoms with Gasteiger partial charge in [-0.1, -0.05) is 17.7 Å². The first-order valence-electron chi connectivity index (χ1n) is 8.84. The molecule has 3 heterocycles. The number of fused-ring (bicyclic) bond motifs is 1. The van der Waals surface area contributed by atoms with Gasteiger partial charge in [0.25, 0.3) is 0 Å². The van der Waals surface area contributed by atoms with E-state index in [-0.39, 0.29) is 5.82 Å². The van der Waals surface area contributed by atoms with Gasteiger partial charge in [0.1, 0.15) is 12.1 Å². The van der Waals surface area contributed by atoms with E-state index in [1.54, 1.807) is 29.2 Å². The van der Waals surface area contributed by atoms with Crippen molar-refractivity contribution in [1.82, 2.24) is 29.7 Å². The van der Waals surface area contributed by atoms with Gasteiger partial charge >= 0.3 is 0 Å². The number of hydrogen-bond acceptors (Lipinski definition) is 4. The van der Waals surface area contributed by atoms with Crippen molar-refractivity contribution in [2.24, 2.45) is 7.05 Å². The predicted octanol–water partition coefficient (Wildman–Crippen LogP) is 4.88. The Hall–Kier alpha value is -3.58. The Balaban J connectivity index is 1.59. The van der Waals surface area contributed by atoms with E-state index in [9.17, 15) is 4.39 Å². The van der Waals surface area contributed by atoms with Crippen molar-refractivity contribution in [3.05, 3.63) is 72.0 Å². The zero-order valence-electron chi connectivity index (χ0n) is 15.3. The fourth-order valence-corrected chi connectivity index (χ4v) is 3.60. The molecular formula is C21H14ClFN6. The van der Waals surface area contributed by atoms with Crippen LogP contribution in [0.25, 0.3) is 44.9 Å². The SMILES string of the molecule is Cn1nc(-c2cncnc2)nc1-c1ccc2[nH]c(-c3c(F)cccc3Cl)cc2c1. The molecule has 2 aromatic carbocycles. The van der Waals surface area contributed by atoms with Crippen molar-refractivity contribution in [3.8, 4) is 34.0 Å². The molecule has 0 radical (unpaired) electrons. The summed E-state index contributed by atoms with van der Waals surface area (Å²) in [6.07, 6.45) is 4.81. The van der Waals surface area contributed by atoms with Crippen LogP contribution in [0.4, 0.5) is 4.39 Å². The number of nitrogens with zero attached hydrogens (tertiary/aromatic N) is 5. The van der Waals surface area contributed by atoms with Crippen molar-refractivity contribution < 1.29 is 4.39 Å². The van der Waals surface area contributed by atoms with Gasteiger partial charge in [-0.05, 0) is 36.4 Å².